The number of hydrogen-bond donors (Lipinski definition) is 1. The molecule has 2 heteroatoms. The van der Waals surface area contributed by atoms with E-state index in [-0.39, 0.29) is 11.8 Å². The lowest BCUT2D eigenvalue weighted by Gasteiger charge is -2.30. The number of rotatable bonds is 0. The lowest BCUT2D eigenvalue weighted by molar-refractivity contribution is -0.122. The third kappa shape index (κ3) is 1.06. The number of hydrogen-bond acceptors (Lipinski definition) is 1. The Morgan fingerprint density at radius 1 is 1.29 bits per heavy atom. The van der Waals surface area contributed by atoms with E-state index in [1.807, 2.05) is 0 Å². The number of fused-ring (bicyclic) bond motifs is 3. The van der Waals surface area contributed by atoms with Gasteiger partial charge in [-0.25, -0.2) is 0 Å². The van der Waals surface area contributed by atoms with Gasteiger partial charge in [0.2, 0.25) is 5.91 Å². The Labute approximate surface area is 84.1 Å². The van der Waals surface area contributed by atoms with Crippen molar-refractivity contribution in [1.82, 2.24) is 5.32 Å². The van der Waals surface area contributed by atoms with E-state index >= 15 is 0 Å². The molecular weight excluding hydrogens is 174 g/mol. The fourth-order valence-electron chi connectivity index (χ4n) is 3.00. The highest BCUT2D eigenvalue weighted by atomic mass is 16.2. The molecule has 1 aliphatic heterocycles. The van der Waals surface area contributed by atoms with E-state index in [0.29, 0.717) is 5.92 Å². The Morgan fingerprint density at radius 3 is 3.07 bits per heavy atom. The molecular formula is C12H15NO. The van der Waals surface area contributed by atoms with Crippen molar-refractivity contribution in [3.8, 4) is 0 Å². The molecule has 0 bridgehead atoms. The quantitative estimate of drug-likeness (QED) is 0.618. The van der Waals surface area contributed by atoms with Crippen LogP contribution >= 0.6 is 0 Å². The summed E-state index contributed by atoms with van der Waals surface area (Å²) in [7, 11) is 0. The summed E-state index contributed by atoms with van der Waals surface area (Å²) in [4.78, 5) is 11.7. The SMILES string of the molecule is O=C1NCC2CCC3=CCCC=C3C12. The molecule has 2 atom stereocenters. The predicted octanol–water partition coefficient (Wildman–Crippen LogP) is 1.79. The summed E-state index contributed by atoms with van der Waals surface area (Å²) < 4.78 is 0. The van der Waals surface area contributed by atoms with Crippen molar-refractivity contribution in [2.45, 2.75) is 25.7 Å². The third-order valence-corrected chi connectivity index (χ3v) is 3.70. The molecule has 14 heavy (non-hydrogen) atoms. The Morgan fingerprint density at radius 2 is 2.14 bits per heavy atom. The molecule has 0 aromatic rings. The maximum atomic E-state index is 11.7. The maximum Gasteiger partial charge on any atom is 0.227 e. The standard InChI is InChI=1S/C12H15NO/c14-12-11-9(7-13-12)6-5-8-3-1-2-4-10(8)11/h3-4,9,11H,1-2,5-7H2,(H,13,14). The molecule has 0 radical (unpaired) electrons. The van der Waals surface area contributed by atoms with Crippen LogP contribution in [-0.4, -0.2) is 12.5 Å². The summed E-state index contributed by atoms with van der Waals surface area (Å²) >= 11 is 0. The minimum absolute atomic E-state index is 0.190. The minimum atomic E-state index is 0.190. The van der Waals surface area contributed by atoms with Crippen LogP contribution in [0.2, 0.25) is 0 Å². The monoisotopic (exact) mass is 189 g/mol. The third-order valence-electron chi connectivity index (χ3n) is 3.70. The van der Waals surface area contributed by atoms with E-state index in [1.165, 1.54) is 24.0 Å². The topological polar surface area (TPSA) is 29.1 Å². The molecule has 2 aliphatic carbocycles. The first-order valence-corrected chi connectivity index (χ1v) is 5.53. The van der Waals surface area contributed by atoms with Crippen molar-refractivity contribution in [3.05, 3.63) is 23.3 Å². The molecule has 3 rings (SSSR count). The van der Waals surface area contributed by atoms with Crippen LogP contribution in [0.15, 0.2) is 23.3 Å². The van der Waals surface area contributed by atoms with E-state index in [9.17, 15) is 4.79 Å². The summed E-state index contributed by atoms with van der Waals surface area (Å²) in [5.41, 5.74) is 2.80. The van der Waals surface area contributed by atoms with E-state index < -0.39 is 0 Å². The van der Waals surface area contributed by atoms with Crippen LogP contribution in [0.5, 0.6) is 0 Å². The normalized spacial score (nSPS) is 35.3. The molecule has 0 aromatic heterocycles. The number of nitrogens with one attached hydrogen (secondary N) is 1. The molecule has 1 heterocycles. The first-order chi connectivity index (χ1) is 6.86. The molecule has 0 aromatic carbocycles. The molecule has 1 saturated carbocycles. The summed E-state index contributed by atoms with van der Waals surface area (Å²) in [6.07, 6.45) is 9.27. The molecule has 74 valence electrons. The van der Waals surface area contributed by atoms with Gasteiger partial charge in [0.1, 0.15) is 0 Å². The van der Waals surface area contributed by atoms with E-state index in [0.717, 1.165) is 19.4 Å². The summed E-state index contributed by atoms with van der Waals surface area (Å²) in [6, 6.07) is 0. The van der Waals surface area contributed by atoms with Crippen molar-refractivity contribution >= 4 is 5.91 Å². The average Bonchev–Trinajstić information content (AvgIpc) is 2.61. The molecule has 2 unspecified atom stereocenters. The van der Waals surface area contributed by atoms with Crippen LogP contribution in [0, 0.1) is 11.8 Å². The Kier molecular flexibility index (Phi) is 1.76. The fourth-order valence-corrected chi connectivity index (χ4v) is 3.00. The number of carbonyl (C=O) groups excluding carboxylic acids is 1. The smallest absolute Gasteiger partial charge is 0.227 e. The van der Waals surface area contributed by atoms with Crippen molar-refractivity contribution in [2.24, 2.45) is 11.8 Å². The van der Waals surface area contributed by atoms with Gasteiger partial charge in [-0.1, -0.05) is 12.2 Å². The van der Waals surface area contributed by atoms with Crippen molar-refractivity contribution < 1.29 is 4.79 Å². The van der Waals surface area contributed by atoms with Crippen molar-refractivity contribution in [3.63, 3.8) is 0 Å². The molecule has 2 fully saturated rings. The van der Waals surface area contributed by atoms with Crippen LogP contribution in [0.1, 0.15) is 25.7 Å². The number of allylic oxidation sites excluding steroid dienone is 3. The summed E-state index contributed by atoms with van der Waals surface area (Å²) in [5.74, 6) is 1.02. The molecule has 3 aliphatic rings. The van der Waals surface area contributed by atoms with Gasteiger partial charge in [0.15, 0.2) is 0 Å². The van der Waals surface area contributed by atoms with Crippen LogP contribution < -0.4 is 5.32 Å². The van der Waals surface area contributed by atoms with Gasteiger partial charge >= 0.3 is 0 Å². The van der Waals surface area contributed by atoms with E-state index in [1.54, 1.807) is 0 Å². The Balaban J connectivity index is 1.99. The van der Waals surface area contributed by atoms with Gasteiger partial charge < -0.3 is 5.32 Å². The second kappa shape index (κ2) is 2.97. The van der Waals surface area contributed by atoms with Crippen LogP contribution in [0.25, 0.3) is 0 Å². The maximum absolute atomic E-state index is 11.7. The van der Waals surface area contributed by atoms with Crippen LogP contribution in [0.3, 0.4) is 0 Å². The minimum Gasteiger partial charge on any atom is -0.355 e. The molecule has 2 nitrogen and oxygen atoms in total. The van der Waals surface area contributed by atoms with Gasteiger partial charge in [-0.3, -0.25) is 4.79 Å². The second-order valence-corrected chi connectivity index (χ2v) is 4.49. The molecule has 0 spiro atoms. The highest BCUT2D eigenvalue weighted by Crippen LogP contribution is 2.42. The highest BCUT2D eigenvalue weighted by Gasteiger charge is 2.41. The van der Waals surface area contributed by atoms with Gasteiger partial charge in [-0.05, 0) is 42.7 Å². The zero-order valence-corrected chi connectivity index (χ0v) is 8.25. The molecule has 1 saturated heterocycles. The molecule has 1 N–H and O–H groups in total. The van der Waals surface area contributed by atoms with Gasteiger partial charge in [0.05, 0.1) is 5.92 Å². The van der Waals surface area contributed by atoms with Crippen molar-refractivity contribution in [1.29, 1.82) is 0 Å². The van der Waals surface area contributed by atoms with Crippen LogP contribution in [-0.2, 0) is 4.79 Å². The Hall–Kier alpha value is -1.05. The first-order valence-electron chi connectivity index (χ1n) is 5.53. The van der Waals surface area contributed by atoms with Crippen LogP contribution in [0.4, 0.5) is 0 Å². The predicted molar refractivity (Wildman–Crippen MR) is 54.6 cm³/mol. The number of amides is 1. The van der Waals surface area contributed by atoms with Gasteiger partial charge in [0.25, 0.3) is 0 Å². The highest BCUT2D eigenvalue weighted by molar-refractivity contribution is 5.85. The molecule has 1 amide bonds. The average molecular weight is 189 g/mol. The zero-order valence-electron chi connectivity index (χ0n) is 8.25. The summed E-state index contributed by atoms with van der Waals surface area (Å²) in [5, 5.41) is 2.99. The van der Waals surface area contributed by atoms with Gasteiger partial charge in [-0.2, -0.15) is 0 Å². The largest absolute Gasteiger partial charge is 0.355 e. The summed E-state index contributed by atoms with van der Waals surface area (Å²) in [6.45, 7) is 0.897. The Bertz CT molecular complexity index is 340. The van der Waals surface area contributed by atoms with E-state index in [2.05, 4.69) is 17.5 Å². The van der Waals surface area contributed by atoms with Gasteiger partial charge in [-0.15, -0.1) is 0 Å². The second-order valence-electron chi connectivity index (χ2n) is 4.49. The lowest BCUT2D eigenvalue weighted by atomic mass is 9.73. The number of carbonyl (C=O) groups is 1. The zero-order chi connectivity index (χ0) is 9.54. The first kappa shape index (κ1) is 8.27. The fraction of sp³-hybridized carbons (Fsp3) is 0.583. The van der Waals surface area contributed by atoms with Gasteiger partial charge in [0, 0.05) is 6.54 Å². The van der Waals surface area contributed by atoms with E-state index in [4.69, 9.17) is 0 Å². The van der Waals surface area contributed by atoms with Crippen molar-refractivity contribution in [2.75, 3.05) is 6.54 Å². The lowest BCUT2D eigenvalue weighted by Crippen LogP contribution is -2.26.